The topological polar surface area (TPSA) is 100 Å². The van der Waals surface area contributed by atoms with Crippen LogP contribution in [0.15, 0.2) is 58.6 Å². The molecule has 0 spiro atoms. The molecule has 160 valence electrons. The van der Waals surface area contributed by atoms with Crippen LogP contribution in [0.1, 0.15) is 18.4 Å². The number of anilines is 1. The Hall–Kier alpha value is -3.15. The Morgan fingerprint density at radius 2 is 2.06 bits per heavy atom. The molecule has 0 saturated carbocycles. The van der Waals surface area contributed by atoms with Crippen molar-refractivity contribution in [1.82, 2.24) is 5.32 Å². The smallest absolute Gasteiger partial charge is 0.266 e. The molecule has 0 aromatic heterocycles. The Morgan fingerprint density at radius 1 is 1.26 bits per heavy atom. The van der Waals surface area contributed by atoms with Gasteiger partial charge in [0.15, 0.2) is 6.61 Å². The molecule has 1 fully saturated rings. The van der Waals surface area contributed by atoms with Crippen molar-refractivity contribution in [3.63, 3.8) is 0 Å². The third-order valence-electron chi connectivity index (χ3n) is 4.56. The first-order valence-electron chi connectivity index (χ1n) is 9.83. The van der Waals surface area contributed by atoms with Crippen molar-refractivity contribution in [2.75, 3.05) is 25.1 Å². The number of nitrogens with one attached hydrogen (secondary N) is 2. The summed E-state index contributed by atoms with van der Waals surface area (Å²) < 4.78 is 11.8. The third kappa shape index (κ3) is 7.24. The number of hydrogen-bond acceptors (Lipinski definition) is 5. The van der Waals surface area contributed by atoms with E-state index in [2.05, 4.69) is 26.6 Å². The number of amides is 2. The van der Waals surface area contributed by atoms with Crippen molar-refractivity contribution < 1.29 is 19.1 Å². The van der Waals surface area contributed by atoms with E-state index in [0.29, 0.717) is 23.5 Å². The second-order valence-electron chi connectivity index (χ2n) is 6.93. The summed E-state index contributed by atoms with van der Waals surface area (Å²) in [5, 5.41) is 14.8. The van der Waals surface area contributed by atoms with Gasteiger partial charge in [-0.1, -0.05) is 34.1 Å². The first-order valence-corrected chi connectivity index (χ1v) is 10.6. The SMILES string of the molecule is N#C/C(=C\c1ccc(OCC(=O)NCC2CCCO2)cc1)C(=O)Nc1cccc(Br)c1. The lowest BCUT2D eigenvalue weighted by Gasteiger charge is -2.11. The maximum atomic E-state index is 12.4. The quantitative estimate of drug-likeness (QED) is 0.440. The molecule has 0 bridgehead atoms. The molecule has 1 heterocycles. The third-order valence-corrected chi connectivity index (χ3v) is 5.05. The van der Waals surface area contributed by atoms with Gasteiger partial charge in [-0.15, -0.1) is 0 Å². The van der Waals surface area contributed by atoms with Gasteiger partial charge in [-0.2, -0.15) is 5.26 Å². The molecule has 7 nitrogen and oxygen atoms in total. The van der Waals surface area contributed by atoms with E-state index >= 15 is 0 Å². The molecule has 3 rings (SSSR count). The Labute approximate surface area is 189 Å². The summed E-state index contributed by atoms with van der Waals surface area (Å²) in [7, 11) is 0. The van der Waals surface area contributed by atoms with Crippen LogP contribution in [-0.2, 0) is 14.3 Å². The molecule has 2 aromatic carbocycles. The maximum absolute atomic E-state index is 12.4. The molecular formula is C23H22BrN3O4. The van der Waals surface area contributed by atoms with Crippen molar-refractivity contribution >= 4 is 39.5 Å². The highest BCUT2D eigenvalue weighted by Gasteiger charge is 2.16. The number of nitriles is 1. The molecule has 8 heteroatoms. The molecule has 2 N–H and O–H groups in total. The molecule has 2 amide bonds. The minimum atomic E-state index is -0.496. The first-order chi connectivity index (χ1) is 15.0. The van der Waals surface area contributed by atoms with Crippen LogP contribution < -0.4 is 15.4 Å². The molecule has 2 aromatic rings. The van der Waals surface area contributed by atoms with Crippen LogP contribution in [0.25, 0.3) is 6.08 Å². The molecule has 1 atom stereocenters. The summed E-state index contributed by atoms with van der Waals surface area (Å²) in [4.78, 5) is 24.3. The number of halogens is 1. The molecule has 1 aliphatic heterocycles. The van der Waals surface area contributed by atoms with Crippen LogP contribution in [-0.4, -0.2) is 37.7 Å². The highest BCUT2D eigenvalue weighted by molar-refractivity contribution is 9.10. The van der Waals surface area contributed by atoms with Crippen molar-refractivity contribution in [2.24, 2.45) is 0 Å². The van der Waals surface area contributed by atoms with Crippen LogP contribution >= 0.6 is 15.9 Å². The first kappa shape index (κ1) is 22.5. The van der Waals surface area contributed by atoms with Crippen LogP contribution in [0.4, 0.5) is 5.69 Å². The summed E-state index contributed by atoms with van der Waals surface area (Å²) in [5.41, 5.74) is 1.22. The largest absolute Gasteiger partial charge is 0.484 e. The number of nitrogens with zero attached hydrogens (tertiary/aromatic N) is 1. The maximum Gasteiger partial charge on any atom is 0.266 e. The Balaban J connectivity index is 1.51. The molecule has 1 unspecified atom stereocenters. The van der Waals surface area contributed by atoms with E-state index < -0.39 is 5.91 Å². The van der Waals surface area contributed by atoms with Gasteiger partial charge < -0.3 is 20.1 Å². The second-order valence-corrected chi connectivity index (χ2v) is 7.85. The van der Waals surface area contributed by atoms with Crippen LogP contribution in [0, 0.1) is 11.3 Å². The van der Waals surface area contributed by atoms with Gasteiger partial charge in [-0.05, 0) is 54.8 Å². The van der Waals surface area contributed by atoms with E-state index in [-0.39, 0.29) is 24.2 Å². The number of ether oxygens (including phenoxy) is 2. The Bertz CT molecular complexity index is 993. The fourth-order valence-electron chi connectivity index (χ4n) is 2.97. The zero-order chi connectivity index (χ0) is 22.1. The van der Waals surface area contributed by atoms with Gasteiger partial charge in [0.25, 0.3) is 11.8 Å². The van der Waals surface area contributed by atoms with E-state index in [1.54, 1.807) is 42.5 Å². The minimum Gasteiger partial charge on any atom is -0.484 e. The van der Waals surface area contributed by atoms with Gasteiger partial charge in [0.05, 0.1) is 6.10 Å². The van der Waals surface area contributed by atoms with E-state index in [1.165, 1.54) is 6.08 Å². The van der Waals surface area contributed by atoms with Gasteiger partial charge in [0.1, 0.15) is 17.4 Å². The van der Waals surface area contributed by atoms with Gasteiger partial charge in [-0.3, -0.25) is 9.59 Å². The molecule has 0 aliphatic carbocycles. The summed E-state index contributed by atoms with van der Waals surface area (Å²) in [6, 6.07) is 15.8. The standard InChI is InChI=1S/C23H22BrN3O4/c24-18-3-1-4-19(12-18)27-23(29)17(13-25)11-16-6-8-20(9-7-16)31-15-22(28)26-14-21-5-2-10-30-21/h1,3-4,6-9,11-12,21H,2,5,10,14-15H2,(H,26,28)(H,27,29)/b17-11+. The number of hydrogen-bond donors (Lipinski definition) is 2. The van der Waals surface area contributed by atoms with Gasteiger partial charge in [0, 0.05) is 23.3 Å². The predicted molar refractivity (Wildman–Crippen MR) is 120 cm³/mol. The zero-order valence-electron chi connectivity index (χ0n) is 16.8. The molecule has 1 aliphatic rings. The van der Waals surface area contributed by atoms with E-state index in [1.807, 2.05) is 12.1 Å². The number of benzene rings is 2. The lowest BCUT2D eigenvalue weighted by molar-refractivity contribution is -0.123. The Kier molecular flexibility index (Phi) is 8.21. The molecule has 31 heavy (non-hydrogen) atoms. The average molecular weight is 484 g/mol. The highest BCUT2D eigenvalue weighted by atomic mass is 79.9. The second kappa shape index (κ2) is 11.3. The summed E-state index contributed by atoms with van der Waals surface area (Å²) in [5.74, 6) is -0.194. The summed E-state index contributed by atoms with van der Waals surface area (Å²) in [6.45, 7) is 1.14. The van der Waals surface area contributed by atoms with Crippen molar-refractivity contribution in [3.05, 3.63) is 64.1 Å². The van der Waals surface area contributed by atoms with E-state index in [0.717, 1.165) is 23.9 Å². The molecular weight excluding hydrogens is 462 g/mol. The highest BCUT2D eigenvalue weighted by Crippen LogP contribution is 2.18. The average Bonchev–Trinajstić information content (AvgIpc) is 3.29. The number of carbonyl (C=O) groups excluding carboxylic acids is 2. The normalized spacial score (nSPS) is 15.7. The van der Waals surface area contributed by atoms with E-state index in [9.17, 15) is 14.9 Å². The summed E-state index contributed by atoms with van der Waals surface area (Å²) in [6.07, 6.45) is 3.56. The monoisotopic (exact) mass is 483 g/mol. The van der Waals surface area contributed by atoms with Crippen LogP contribution in [0.5, 0.6) is 5.75 Å². The van der Waals surface area contributed by atoms with Crippen molar-refractivity contribution in [3.8, 4) is 11.8 Å². The Morgan fingerprint density at radius 3 is 2.74 bits per heavy atom. The van der Waals surface area contributed by atoms with Crippen molar-refractivity contribution in [2.45, 2.75) is 18.9 Å². The molecule has 0 radical (unpaired) electrons. The zero-order valence-corrected chi connectivity index (χ0v) is 18.4. The fourth-order valence-corrected chi connectivity index (χ4v) is 3.37. The minimum absolute atomic E-state index is 0.0258. The van der Waals surface area contributed by atoms with Crippen LogP contribution in [0.2, 0.25) is 0 Å². The number of rotatable bonds is 8. The summed E-state index contributed by atoms with van der Waals surface area (Å²) >= 11 is 3.34. The van der Waals surface area contributed by atoms with Gasteiger partial charge in [-0.25, -0.2) is 0 Å². The lowest BCUT2D eigenvalue weighted by atomic mass is 10.1. The van der Waals surface area contributed by atoms with E-state index in [4.69, 9.17) is 9.47 Å². The van der Waals surface area contributed by atoms with Gasteiger partial charge >= 0.3 is 0 Å². The van der Waals surface area contributed by atoms with Gasteiger partial charge in [0.2, 0.25) is 0 Å². The number of carbonyl (C=O) groups is 2. The lowest BCUT2D eigenvalue weighted by Crippen LogP contribution is -2.35. The van der Waals surface area contributed by atoms with Crippen LogP contribution in [0.3, 0.4) is 0 Å². The molecule has 1 saturated heterocycles. The van der Waals surface area contributed by atoms with Crippen molar-refractivity contribution in [1.29, 1.82) is 5.26 Å². The predicted octanol–water partition coefficient (Wildman–Crippen LogP) is 3.67. The fraction of sp³-hybridized carbons (Fsp3) is 0.261.